The van der Waals surface area contributed by atoms with Crippen molar-refractivity contribution in [3.8, 4) is 5.75 Å². The fourth-order valence-corrected chi connectivity index (χ4v) is 9.05. The third-order valence-corrected chi connectivity index (χ3v) is 10.8. The van der Waals surface area contributed by atoms with Gasteiger partial charge < -0.3 is 26.2 Å². The molecule has 0 spiro atoms. The maximum Gasteiger partial charge on any atom is 0.230 e. The van der Waals surface area contributed by atoms with Crippen LogP contribution in [0.1, 0.15) is 86.5 Å². The molecule has 2 aromatic rings. The molecular formula is C35H42FNO7. The van der Waals surface area contributed by atoms with Crippen molar-refractivity contribution in [2.75, 3.05) is 0 Å². The lowest BCUT2D eigenvalue weighted by Gasteiger charge is -2.66. The van der Waals surface area contributed by atoms with Crippen LogP contribution in [0, 0.1) is 40.3 Å². The Balaban J connectivity index is 1.69. The Labute approximate surface area is 256 Å². The fraction of sp³-hybridized carbons (Fsp3) is 0.514. The highest BCUT2D eigenvalue weighted by Gasteiger charge is 2.76. The van der Waals surface area contributed by atoms with Crippen LogP contribution < -0.4 is 5.73 Å². The Kier molecular flexibility index (Phi) is 7.71. The Morgan fingerprint density at radius 3 is 2.23 bits per heavy atom. The molecule has 2 saturated carbocycles. The first-order valence-corrected chi connectivity index (χ1v) is 15.2. The van der Waals surface area contributed by atoms with E-state index in [4.69, 9.17) is 5.73 Å². The van der Waals surface area contributed by atoms with E-state index in [-0.39, 0.29) is 41.8 Å². The van der Waals surface area contributed by atoms with Crippen LogP contribution in [0.15, 0.2) is 30.3 Å². The number of amides is 1. The van der Waals surface area contributed by atoms with Crippen molar-refractivity contribution in [2.24, 2.45) is 40.2 Å². The van der Waals surface area contributed by atoms with Gasteiger partial charge in [-0.2, -0.15) is 0 Å². The monoisotopic (exact) mass is 607 g/mol. The van der Waals surface area contributed by atoms with Crippen LogP contribution in [0.4, 0.5) is 4.39 Å². The lowest BCUT2D eigenvalue weighted by Crippen LogP contribution is -2.79. The van der Waals surface area contributed by atoms with E-state index >= 15 is 0 Å². The number of aliphatic hydroxyl groups is 3. The average Bonchev–Trinajstić information content (AvgIpc) is 2.90. The zero-order chi connectivity index (χ0) is 32.7. The van der Waals surface area contributed by atoms with Crippen LogP contribution in [-0.4, -0.2) is 55.7 Å². The minimum absolute atomic E-state index is 0.0267. The third-order valence-electron chi connectivity index (χ3n) is 10.8. The third kappa shape index (κ3) is 4.38. The highest BCUT2D eigenvalue weighted by molar-refractivity contribution is 6.09. The van der Waals surface area contributed by atoms with Gasteiger partial charge in [0, 0.05) is 11.0 Å². The van der Waals surface area contributed by atoms with E-state index in [0.717, 1.165) is 5.56 Å². The van der Waals surface area contributed by atoms with Crippen molar-refractivity contribution in [3.63, 3.8) is 0 Å². The number of hydrogen-bond acceptors (Lipinski definition) is 7. The van der Waals surface area contributed by atoms with Gasteiger partial charge in [0.05, 0.1) is 17.6 Å². The number of benzene rings is 2. The van der Waals surface area contributed by atoms with Gasteiger partial charge >= 0.3 is 0 Å². The molecule has 0 saturated heterocycles. The Bertz CT molecular complexity index is 1570. The molecule has 0 bridgehead atoms. The van der Waals surface area contributed by atoms with Gasteiger partial charge in [-0.25, -0.2) is 4.39 Å². The number of primary amides is 1. The molecule has 2 aromatic carbocycles. The van der Waals surface area contributed by atoms with E-state index < -0.39 is 63.9 Å². The number of ketones is 2. The van der Waals surface area contributed by atoms with E-state index in [1.165, 1.54) is 12.1 Å². The van der Waals surface area contributed by atoms with Crippen LogP contribution in [0.2, 0.25) is 0 Å². The predicted octanol–water partition coefficient (Wildman–Crippen LogP) is 4.01. The number of hydrogen-bond donors (Lipinski definition) is 5. The first-order valence-electron chi connectivity index (χ1n) is 15.2. The second kappa shape index (κ2) is 10.6. The molecule has 9 heteroatoms. The van der Waals surface area contributed by atoms with Crippen molar-refractivity contribution >= 4 is 29.6 Å². The predicted molar refractivity (Wildman–Crippen MR) is 163 cm³/mol. The van der Waals surface area contributed by atoms with Gasteiger partial charge in [-0.05, 0) is 70.9 Å². The summed E-state index contributed by atoms with van der Waals surface area (Å²) in [5, 5.41) is 47.1. The standard InChI is InChI=1S/C35H42FNO7/c1-16(2)21-13-19(10-7-18-8-11-20(36)12-9-18)27(38)23-22(21)14-33(5)15-34(6)25(17(3)4)29(40)24(32(37)43)30(41)35(34,44)31(42)26(33)28(23)39/h7-13,16-17,24-26,29,31,38,40,42,44H,14-15H2,1-6H3,(H2,37,43)/b10-7+/t24-,25+,26-,29?,31?,33-,34-,35+/m1/s1. The molecule has 44 heavy (non-hydrogen) atoms. The topological polar surface area (TPSA) is 158 Å². The number of rotatable bonds is 5. The molecule has 0 radical (unpaired) electrons. The Morgan fingerprint density at radius 2 is 1.68 bits per heavy atom. The van der Waals surface area contributed by atoms with Crippen LogP contribution >= 0.6 is 0 Å². The zero-order valence-corrected chi connectivity index (χ0v) is 26.0. The summed E-state index contributed by atoms with van der Waals surface area (Å²) in [6.45, 7) is 11.1. The van der Waals surface area contributed by atoms with E-state index in [1.807, 2.05) is 40.7 Å². The van der Waals surface area contributed by atoms with E-state index in [1.54, 1.807) is 31.2 Å². The molecule has 8 atom stereocenters. The summed E-state index contributed by atoms with van der Waals surface area (Å²) in [6.07, 6.45) is 0.261. The van der Waals surface area contributed by atoms with Crippen molar-refractivity contribution in [1.29, 1.82) is 0 Å². The largest absolute Gasteiger partial charge is 0.507 e. The van der Waals surface area contributed by atoms with Gasteiger partial charge in [0.15, 0.2) is 17.2 Å². The summed E-state index contributed by atoms with van der Waals surface area (Å²) in [4.78, 5) is 40.8. The molecular weight excluding hydrogens is 565 g/mol. The van der Waals surface area contributed by atoms with Crippen LogP contribution in [-0.2, 0) is 16.0 Å². The molecule has 3 aliphatic rings. The van der Waals surface area contributed by atoms with E-state index in [2.05, 4.69) is 0 Å². The number of carbonyl (C=O) groups excluding carboxylic acids is 3. The molecule has 2 fully saturated rings. The average molecular weight is 608 g/mol. The number of phenolic OH excluding ortho intramolecular Hbond substituents is 1. The lowest BCUT2D eigenvalue weighted by molar-refractivity contribution is -0.265. The summed E-state index contributed by atoms with van der Waals surface area (Å²) < 4.78 is 13.4. The first kappa shape index (κ1) is 32.0. The first-order chi connectivity index (χ1) is 20.4. The van der Waals surface area contributed by atoms with Crippen molar-refractivity contribution in [3.05, 3.63) is 64.0 Å². The maximum atomic E-state index is 14.5. The molecule has 0 aromatic heterocycles. The van der Waals surface area contributed by atoms with E-state index in [9.17, 15) is 39.2 Å². The quantitative estimate of drug-likeness (QED) is 0.254. The van der Waals surface area contributed by atoms with Gasteiger partial charge in [0.25, 0.3) is 0 Å². The Morgan fingerprint density at radius 1 is 1.07 bits per heavy atom. The number of aromatic hydroxyl groups is 1. The molecule has 2 unspecified atom stereocenters. The second-order valence-electron chi connectivity index (χ2n) is 14.3. The summed E-state index contributed by atoms with van der Waals surface area (Å²) in [5.41, 5.74) is 3.14. The van der Waals surface area contributed by atoms with Gasteiger partial charge in [0.1, 0.15) is 23.6 Å². The maximum absolute atomic E-state index is 14.5. The Hall–Kier alpha value is -3.40. The number of fused-ring (bicyclic) bond motifs is 3. The summed E-state index contributed by atoms with van der Waals surface area (Å²) in [6, 6.07) is 7.63. The smallest absolute Gasteiger partial charge is 0.230 e. The number of carbonyl (C=O) groups is 3. The van der Waals surface area contributed by atoms with Crippen molar-refractivity contribution < 1.29 is 39.2 Å². The molecule has 3 aliphatic carbocycles. The highest BCUT2D eigenvalue weighted by Crippen LogP contribution is 2.66. The number of Topliss-reactive ketones (excluding diaryl/α,β-unsaturated/α-hetero) is 2. The lowest BCUT2D eigenvalue weighted by atomic mass is 9.39. The highest BCUT2D eigenvalue weighted by atomic mass is 19.1. The minimum atomic E-state index is -2.56. The van der Waals surface area contributed by atoms with Gasteiger partial charge in [-0.3, -0.25) is 14.4 Å². The number of phenols is 1. The van der Waals surface area contributed by atoms with Crippen LogP contribution in [0.3, 0.4) is 0 Å². The molecule has 1 amide bonds. The molecule has 5 rings (SSSR count). The fourth-order valence-electron chi connectivity index (χ4n) is 9.05. The molecule has 0 heterocycles. The van der Waals surface area contributed by atoms with Crippen LogP contribution in [0.5, 0.6) is 5.75 Å². The van der Waals surface area contributed by atoms with Crippen molar-refractivity contribution in [2.45, 2.75) is 78.1 Å². The SMILES string of the molecule is CC(C)c1cc(/C=C/c2ccc(F)cc2)c(O)c2c1C[C@]1(C)C[C@]3(C)[C@@H](C(C)C)C(O)[C@@H](C(N)=O)C(=O)[C@]3(O)C(O)[C@H]1C2=O. The van der Waals surface area contributed by atoms with Gasteiger partial charge in [-0.15, -0.1) is 0 Å². The van der Waals surface area contributed by atoms with Gasteiger partial charge in [0.2, 0.25) is 5.91 Å². The minimum Gasteiger partial charge on any atom is -0.507 e. The second-order valence-corrected chi connectivity index (χ2v) is 14.3. The summed E-state index contributed by atoms with van der Waals surface area (Å²) in [5.74, 6) is -7.70. The molecule has 8 nitrogen and oxygen atoms in total. The summed E-state index contributed by atoms with van der Waals surface area (Å²) in [7, 11) is 0. The van der Waals surface area contributed by atoms with E-state index in [0.29, 0.717) is 16.7 Å². The number of nitrogens with two attached hydrogens (primary N) is 1. The summed E-state index contributed by atoms with van der Waals surface area (Å²) >= 11 is 0. The molecule has 236 valence electrons. The number of halogens is 1. The van der Waals surface area contributed by atoms with Crippen LogP contribution in [0.25, 0.3) is 12.2 Å². The molecule has 6 N–H and O–H groups in total. The normalized spacial score (nSPS) is 35.1. The zero-order valence-electron chi connectivity index (χ0n) is 26.0. The van der Waals surface area contributed by atoms with Crippen molar-refractivity contribution in [1.82, 2.24) is 0 Å². The van der Waals surface area contributed by atoms with Gasteiger partial charge in [-0.1, -0.05) is 65.8 Å². The number of aliphatic hydroxyl groups excluding tert-OH is 2. The molecule has 0 aliphatic heterocycles.